The van der Waals surface area contributed by atoms with Crippen molar-refractivity contribution in [1.82, 2.24) is 4.72 Å². The van der Waals surface area contributed by atoms with Crippen LogP contribution < -0.4 is 9.62 Å². The molecule has 2 aromatic rings. The minimum absolute atomic E-state index is 0.127. The lowest BCUT2D eigenvalue weighted by molar-refractivity contribution is -0.116. The molecule has 0 heterocycles. The Morgan fingerprint density at radius 3 is 2.22 bits per heavy atom. The largest absolute Gasteiger partial charge is 0.311 e. The minimum Gasteiger partial charge on any atom is -0.311 e. The first-order chi connectivity index (χ1) is 12.6. The summed E-state index contributed by atoms with van der Waals surface area (Å²) in [7, 11) is -3.62. The maximum absolute atomic E-state index is 12.6. The molecule has 1 N–H and O–H groups in total. The van der Waals surface area contributed by atoms with Gasteiger partial charge in [0.1, 0.15) is 0 Å². The number of nitrogens with zero attached hydrogens (tertiary/aromatic N) is 1. The van der Waals surface area contributed by atoms with Crippen LogP contribution in [0.3, 0.4) is 0 Å². The molecule has 0 radical (unpaired) electrons. The van der Waals surface area contributed by atoms with E-state index in [-0.39, 0.29) is 23.9 Å². The Bertz CT molecular complexity index is 904. The average Bonchev–Trinajstić information content (AvgIpc) is 2.58. The summed E-state index contributed by atoms with van der Waals surface area (Å²) >= 11 is 0. The van der Waals surface area contributed by atoms with Gasteiger partial charge in [0.25, 0.3) is 0 Å². The molecule has 146 valence electrons. The number of hydrogen-bond acceptors (Lipinski definition) is 3. The van der Waals surface area contributed by atoms with Crippen molar-refractivity contribution < 1.29 is 13.2 Å². The van der Waals surface area contributed by atoms with Crippen molar-refractivity contribution in [1.29, 1.82) is 0 Å². The summed E-state index contributed by atoms with van der Waals surface area (Å²) in [6.07, 6.45) is 0. The van der Waals surface area contributed by atoms with Gasteiger partial charge in [-0.1, -0.05) is 43.7 Å². The van der Waals surface area contributed by atoms with Crippen LogP contribution in [0.2, 0.25) is 0 Å². The first kappa shape index (κ1) is 21.1. The van der Waals surface area contributed by atoms with Crippen molar-refractivity contribution in [2.45, 2.75) is 45.4 Å². The lowest BCUT2D eigenvalue weighted by Crippen LogP contribution is -2.37. The van der Waals surface area contributed by atoms with Gasteiger partial charge in [0.05, 0.1) is 4.90 Å². The molecule has 0 spiro atoms. The lowest BCUT2D eigenvalue weighted by atomic mass is 10.0. The third-order valence-electron chi connectivity index (χ3n) is 4.50. The van der Waals surface area contributed by atoms with Crippen molar-refractivity contribution in [3.8, 4) is 0 Å². The fraction of sp³-hybridized carbons (Fsp3) is 0.381. The molecule has 0 saturated heterocycles. The lowest BCUT2D eigenvalue weighted by Gasteiger charge is -2.22. The Labute approximate surface area is 162 Å². The van der Waals surface area contributed by atoms with Crippen LogP contribution in [0, 0.1) is 13.8 Å². The first-order valence-corrected chi connectivity index (χ1v) is 10.5. The first-order valence-electron chi connectivity index (χ1n) is 9.07. The van der Waals surface area contributed by atoms with Crippen LogP contribution in [0.1, 0.15) is 43.4 Å². The van der Waals surface area contributed by atoms with E-state index < -0.39 is 10.0 Å². The molecule has 5 nitrogen and oxygen atoms in total. The SMILES string of the molecule is CC(=O)N(CCNS(=O)(=O)c1ccc(C)cc1C)c1ccc(C(C)C)cc1. The Hall–Kier alpha value is -2.18. The highest BCUT2D eigenvalue weighted by Gasteiger charge is 2.18. The van der Waals surface area contributed by atoms with Gasteiger partial charge in [0.15, 0.2) is 0 Å². The third-order valence-corrected chi connectivity index (χ3v) is 6.12. The van der Waals surface area contributed by atoms with Gasteiger partial charge in [0, 0.05) is 25.7 Å². The van der Waals surface area contributed by atoms with Crippen LogP contribution in [0.25, 0.3) is 0 Å². The molecule has 2 rings (SSSR count). The van der Waals surface area contributed by atoms with Gasteiger partial charge < -0.3 is 4.90 Å². The molecule has 0 bridgehead atoms. The van der Waals surface area contributed by atoms with E-state index in [9.17, 15) is 13.2 Å². The van der Waals surface area contributed by atoms with Crippen molar-refractivity contribution in [3.05, 3.63) is 59.2 Å². The third kappa shape index (κ3) is 5.40. The standard InChI is InChI=1S/C21H28N2O3S/c1-15(2)19-7-9-20(10-8-19)23(18(5)24)13-12-22-27(25,26)21-11-6-16(3)14-17(21)4/h6-11,14-15,22H,12-13H2,1-5H3. The van der Waals surface area contributed by atoms with E-state index >= 15 is 0 Å². The molecule has 0 fully saturated rings. The van der Waals surface area contributed by atoms with Crippen molar-refractivity contribution in [2.24, 2.45) is 0 Å². The van der Waals surface area contributed by atoms with E-state index in [2.05, 4.69) is 18.6 Å². The number of anilines is 1. The topological polar surface area (TPSA) is 66.5 Å². The van der Waals surface area contributed by atoms with Crippen LogP contribution in [0.4, 0.5) is 5.69 Å². The summed E-state index contributed by atoms with van der Waals surface area (Å²) in [5.74, 6) is 0.285. The summed E-state index contributed by atoms with van der Waals surface area (Å²) in [5.41, 5.74) is 3.67. The fourth-order valence-electron chi connectivity index (χ4n) is 2.98. The molecule has 0 aliphatic carbocycles. The highest BCUT2D eigenvalue weighted by Crippen LogP contribution is 2.20. The van der Waals surface area contributed by atoms with Gasteiger partial charge in [-0.2, -0.15) is 0 Å². The molecular weight excluding hydrogens is 360 g/mol. The Morgan fingerprint density at radius 2 is 1.70 bits per heavy atom. The Balaban J connectivity index is 2.09. The normalized spacial score (nSPS) is 11.6. The fourth-order valence-corrected chi connectivity index (χ4v) is 4.22. The van der Waals surface area contributed by atoms with Gasteiger partial charge in [-0.15, -0.1) is 0 Å². The number of sulfonamides is 1. The zero-order chi connectivity index (χ0) is 20.2. The van der Waals surface area contributed by atoms with Crippen molar-refractivity contribution >= 4 is 21.6 Å². The minimum atomic E-state index is -3.62. The van der Waals surface area contributed by atoms with E-state index in [4.69, 9.17) is 0 Å². The second kappa shape index (κ2) is 8.67. The van der Waals surface area contributed by atoms with E-state index in [0.717, 1.165) is 11.3 Å². The van der Waals surface area contributed by atoms with Crippen LogP contribution >= 0.6 is 0 Å². The highest BCUT2D eigenvalue weighted by molar-refractivity contribution is 7.89. The summed E-state index contributed by atoms with van der Waals surface area (Å²) in [6, 6.07) is 13.0. The molecule has 0 saturated carbocycles. The maximum Gasteiger partial charge on any atom is 0.240 e. The number of aryl methyl sites for hydroxylation is 2. The molecule has 0 aliphatic rings. The smallest absolute Gasteiger partial charge is 0.240 e. The van der Waals surface area contributed by atoms with E-state index in [1.165, 1.54) is 12.5 Å². The van der Waals surface area contributed by atoms with Gasteiger partial charge in [-0.25, -0.2) is 13.1 Å². The molecule has 27 heavy (non-hydrogen) atoms. The molecule has 0 unspecified atom stereocenters. The molecule has 2 aromatic carbocycles. The number of hydrogen-bond donors (Lipinski definition) is 1. The van der Waals surface area contributed by atoms with Crippen molar-refractivity contribution in [2.75, 3.05) is 18.0 Å². The molecular formula is C21H28N2O3S. The number of carbonyl (C=O) groups is 1. The quantitative estimate of drug-likeness (QED) is 0.785. The zero-order valence-electron chi connectivity index (χ0n) is 16.6. The zero-order valence-corrected chi connectivity index (χ0v) is 17.4. The predicted molar refractivity (Wildman–Crippen MR) is 110 cm³/mol. The Kier molecular flexibility index (Phi) is 6.78. The van der Waals surface area contributed by atoms with Crippen molar-refractivity contribution in [3.63, 3.8) is 0 Å². The summed E-state index contributed by atoms with van der Waals surface area (Å²) < 4.78 is 27.7. The van der Waals surface area contributed by atoms with Crippen LogP contribution in [-0.4, -0.2) is 27.4 Å². The van der Waals surface area contributed by atoms with E-state index in [1.807, 2.05) is 37.3 Å². The number of rotatable bonds is 7. The molecule has 6 heteroatoms. The number of benzene rings is 2. The second-order valence-corrected chi connectivity index (χ2v) is 8.82. The Morgan fingerprint density at radius 1 is 1.07 bits per heavy atom. The maximum atomic E-state index is 12.6. The van der Waals surface area contributed by atoms with Crippen LogP contribution in [-0.2, 0) is 14.8 Å². The van der Waals surface area contributed by atoms with E-state index in [1.54, 1.807) is 24.0 Å². The van der Waals surface area contributed by atoms with E-state index in [0.29, 0.717) is 11.5 Å². The summed E-state index contributed by atoms with van der Waals surface area (Å²) in [5, 5.41) is 0. The van der Waals surface area contributed by atoms with Gasteiger partial charge in [-0.05, 0) is 49.1 Å². The molecule has 1 amide bonds. The molecule has 0 aliphatic heterocycles. The molecule has 0 atom stereocenters. The van der Waals surface area contributed by atoms with Crippen LogP contribution in [0.15, 0.2) is 47.4 Å². The predicted octanol–water partition coefficient (Wildman–Crippen LogP) is 3.76. The van der Waals surface area contributed by atoms with Gasteiger partial charge in [-0.3, -0.25) is 4.79 Å². The second-order valence-electron chi connectivity index (χ2n) is 7.08. The highest BCUT2D eigenvalue weighted by atomic mass is 32.2. The van der Waals surface area contributed by atoms with Gasteiger partial charge >= 0.3 is 0 Å². The molecule has 0 aromatic heterocycles. The summed E-state index contributed by atoms with van der Waals surface area (Å²) in [6.45, 7) is 9.81. The number of nitrogens with one attached hydrogen (secondary N) is 1. The van der Waals surface area contributed by atoms with Crippen LogP contribution in [0.5, 0.6) is 0 Å². The van der Waals surface area contributed by atoms with Gasteiger partial charge in [0.2, 0.25) is 15.9 Å². The number of amides is 1. The summed E-state index contributed by atoms with van der Waals surface area (Å²) in [4.78, 5) is 13.9. The monoisotopic (exact) mass is 388 g/mol. The number of carbonyl (C=O) groups excluding carboxylic acids is 1. The average molecular weight is 389 g/mol.